The van der Waals surface area contributed by atoms with E-state index in [2.05, 4.69) is 15.3 Å². The molecule has 4 nitrogen and oxygen atoms in total. The molecule has 3 rings (SSSR count). The molecule has 5 heteroatoms. The van der Waals surface area contributed by atoms with Crippen molar-refractivity contribution in [2.45, 2.75) is 13.0 Å². The van der Waals surface area contributed by atoms with E-state index >= 15 is 0 Å². The van der Waals surface area contributed by atoms with Crippen LogP contribution in [0.3, 0.4) is 0 Å². The molecule has 21 heavy (non-hydrogen) atoms. The van der Waals surface area contributed by atoms with E-state index in [9.17, 15) is 4.39 Å². The van der Waals surface area contributed by atoms with Crippen molar-refractivity contribution in [1.82, 2.24) is 9.97 Å². The highest BCUT2D eigenvalue weighted by molar-refractivity contribution is 5.90. The Morgan fingerprint density at radius 3 is 2.76 bits per heavy atom. The van der Waals surface area contributed by atoms with Gasteiger partial charge in [0.05, 0.1) is 11.6 Å². The zero-order valence-corrected chi connectivity index (χ0v) is 11.5. The monoisotopic (exact) mass is 282 g/mol. The summed E-state index contributed by atoms with van der Waals surface area (Å²) in [6.07, 6.45) is 1.47. The average molecular weight is 282 g/mol. The van der Waals surface area contributed by atoms with Crippen LogP contribution >= 0.6 is 0 Å². The highest BCUT2D eigenvalue weighted by Crippen LogP contribution is 2.26. The summed E-state index contributed by atoms with van der Waals surface area (Å²) in [5, 5.41) is 4.09. The second-order valence-electron chi connectivity index (χ2n) is 4.89. The Kier molecular flexibility index (Phi) is 3.39. The number of rotatable bonds is 3. The molecule has 0 aliphatic heterocycles. The van der Waals surface area contributed by atoms with Crippen LogP contribution in [0.25, 0.3) is 10.9 Å². The minimum absolute atomic E-state index is 0.207. The summed E-state index contributed by atoms with van der Waals surface area (Å²) in [7, 11) is 0. The number of hydrogen-bond donors (Lipinski definition) is 2. The lowest BCUT2D eigenvalue weighted by Crippen LogP contribution is -2.10. The molecule has 0 radical (unpaired) electrons. The van der Waals surface area contributed by atoms with E-state index in [-0.39, 0.29) is 11.9 Å². The number of nitrogens with zero attached hydrogens (tertiary/aromatic N) is 2. The van der Waals surface area contributed by atoms with Crippen LogP contribution in [0.4, 0.5) is 15.9 Å². The molecule has 0 bridgehead atoms. The first-order valence-electron chi connectivity index (χ1n) is 6.66. The smallest absolute Gasteiger partial charge is 0.137 e. The third kappa shape index (κ3) is 2.63. The summed E-state index contributed by atoms with van der Waals surface area (Å²) in [6, 6.07) is 11.9. The van der Waals surface area contributed by atoms with E-state index in [1.54, 1.807) is 24.3 Å². The van der Waals surface area contributed by atoms with Crippen molar-refractivity contribution in [1.29, 1.82) is 0 Å². The molecule has 0 aliphatic carbocycles. The first kappa shape index (κ1) is 13.3. The molecule has 1 heterocycles. The van der Waals surface area contributed by atoms with Gasteiger partial charge >= 0.3 is 0 Å². The van der Waals surface area contributed by atoms with Crippen molar-refractivity contribution in [2.24, 2.45) is 0 Å². The third-order valence-corrected chi connectivity index (χ3v) is 3.39. The summed E-state index contributed by atoms with van der Waals surface area (Å²) < 4.78 is 13.8. The lowest BCUT2D eigenvalue weighted by molar-refractivity contribution is 0.600. The maximum atomic E-state index is 13.8. The second kappa shape index (κ2) is 5.36. The van der Waals surface area contributed by atoms with Gasteiger partial charge in [-0.3, -0.25) is 0 Å². The Bertz CT molecular complexity index is 788. The Morgan fingerprint density at radius 2 is 1.95 bits per heavy atom. The highest BCUT2D eigenvalue weighted by Gasteiger charge is 2.12. The number of halogens is 1. The van der Waals surface area contributed by atoms with Crippen molar-refractivity contribution in [3.63, 3.8) is 0 Å². The van der Waals surface area contributed by atoms with Crippen LogP contribution < -0.4 is 11.1 Å². The largest absolute Gasteiger partial charge is 0.399 e. The molecule has 0 aliphatic rings. The highest BCUT2D eigenvalue weighted by atomic mass is 19.1. The first-order valence-corrected chi connectivity index (χ1v) is 6.66. The van der Waals surface area contributed by atoms with Crippen molar-refractivity contribution < 1.29 is 4.39 Å². The lowest BCUT2D eigenvalue weighted by atomic mass is 10.1. The van der Waals surface area contributed by atoms with Gasteiger partial charge in [0.15, 0.2) is 0 Å². The van der Waals surface area contributed by atoms with Gasteiger partial charge in [0.1, 0.15) is 18.0 Å². The maximum absolute atomic E-state index is 13.8. The van der Waals surface area contributed by atoms with Gasteiger partial charge in [-0.05, 0) is 31.2 Å². The predicted octanol–water partition coefficient (Wildman–Crippen LogP) is 3.52. The van der Waals surface area contributed by atoms with E-state index in [0.717, 1.165) is 10.9 Å². The fourth-order valence-electron chi connectivity index (χ4n) is 2.30. The average Bonchev–Trinajstić information content (AvgIpc) is 2.47. The van der Waals surface area contributed by atoms with Crippen molar-refractivity contribution in [3.05, 3.63) is 60.2 Å². The van der Waals surface area contributed by atoms with Crippen molar-refractivity contribution in [2.75, 3.05) is 11.1 Å². The Hall–Kier alpha value is -2.69. The number of aromatic nitrogens is 2. The summed E-state index contributed by atoms with van der Waals surface area (Å²) in [5.74, 6) is 0.427. The third-order valence-electron chi connectivity index (χ3n) is 3.39. The Morgan fingerprint density at radius 1 is 1.14 bits per heavy atom. The van der Waals surface area contributed by atoms with Gasteiger partial charge in [-0.15, -0.1) is 0 Å². The molecule has 3 N–H and O–H groups in total. The van der Waals surface area contributed by atoms with Gasteiger partial charge in [0.25, 0.3) is 0 Å². The zero-order valence-electron chi connectivity index (χ0n) is 11.5. The first-order chi connectivity index (χ1) is 10.1. The fraction of sp³-hybridized carbons (Fsp3) is 0.125. The number of nitrogens with one attached hydrogen (secondary N) is 1. The molecule has 0 amide bonds. The van der Waals surface area contributed by atoms with Crippen LogP contribution in [-0.2, 0) is 0 Å². The van der Waals surface area contributed by atoms with E-state index in [1.165, 1.54) is 12.4 Å². The molecule has 3 aromatic rings. The summed E-state index contributed by atoms with van der Waals surface area (Å²) in [5.41, 5.74) is 7.76. The van der Waals surface area contributed by atoms with Crippen LogP contribution in [0.15, 0.2) is 48.8 Å². The quantitative estimate of drug-likeness (QED) is 0.721. The molecular formula is C16H15FN4. The van der Waals surface area contributed by atoms with E-state index < -0.39 is 0 Å². The molecule has 106 valence electrons. The summed E-state index contributed by atoms with van der Waals surface area (Å²) >= 11 is 0. The SMILES string of the molecule is CC(Nc1ncnc2cc(N)ccc12)c1ccccc1F. The van der Waals surface area contributed by atoms with Crippen molar-refractivity contribution in [3.8, 4) is 0 Å². The molecule has 0 spiro atoms. The predicted molar refractivity (Wildman–Crippen MR) is 82.4 cm³/mol. The van der Waals surface area contributed by atoms with Crippen LogP contribution in [0.5, 0.6) is 0 Å². The molecule has 0 saturated carbocycles. The van der Waals surface area contributed by atoms with E-state index in [0.29, 0.717) is 17.1 Å². The standard InChI is InChI=1S/C16H15FN4/c1-10(12-4-2-3-5-14(12)17)21-16-13-7-6-11(18)8-15(13)19-9-20-16/h2-10H,18H2,1H3,(H,19,20,21). The number of nitrogens with two attached hydrogens (primary N) is 1. The summed E-state index contributed by atoms with van der Waals surface area (Å²) in [4.78, 5) is 8.44. The molecule has 2 aromatic carbocycles. The molecule has 0 fully saturated rings. The van der Waals surface area contributed by atoms with Crippen LogP contribution in [-0.4, -0.2) is 9.97 Å². The Balaban J connectivity index is 1.97. The van der Waals surface area contributed by atoms with Crippen LogP contribution in [0.1, 0.15) is 18.5 Å². The van der Waals surface area contributed by atoms with Gasteiger partial charge in [-0.2, -0.15) is 0 Å². The molecule has 0 saturated heterocycles. The van der Waals surface area contributed by atoms with Gasteiger partial charge < -0.3 is 11.1 Å². The van der Waals surface area contributed by atoms with Gasteiger partial charge in [-0.1, -0.05) is 18.2 Å². The number of fused-ring (bicyclic) bond motifs is 1. The second-order valence-corrected chi connectivity index (χ2v) is 4.89. The molecule has 1 atom stereocenters. The number of hydrogen-bond acceptors (Lipinski definition) is 4. The number of anilines is 2. The normalized spacial score (nSPS) is 12.3. The minimum Gasteiger partial charge on any atom is -0.399 e. The van der Waals surface area contributed by atoms with Gasteiger partial charge in [0.2, 0.25) is 0 Å². The zero-order chi connectivity index (χ0) is 14.8. The Labute approximate surface area is 121 Å². The van der Waals surface area contributed by atoms with Gasteiger partial charge in [-0.25, -0.2) is 14.4 Å². The van der Waals surface area contributed by atoms with Crippen LogP contribution in [0, 0.1) is 5.82 Å². The van der Waals surface area contributed by atoms with Crippen molar-refractivity contribution >= 4 is 22.4 Å². The summed E-state index contributed by atoms with van der Waals surface area (Å²) in [6.45, 7) is 1.89. The minimum atomic E-state index is -0.236. The van der Waals surface area contributed by atoms with Gasteiger partial charge in [0, 0.05) is 16.6 Å². The van der Waals surface area contributed by atoms with E-state index in [1.807, 2.05) is 19.1 Å². The number of nitrogen functional groups attached to an aromatic ring is 1. The molecular weight excluding hydrogens is 267 g/mol. The topological polar surface area (TPSA) is 63.8 Å². The fourth-order valence-corrected chi connectivity index (χ4v) is 2.30. The maximum Gasteiger partial charge on any atom is 0.137 e. The lowest BCUT2D eigenvalue weighted by Gasteiger charge is -2.16. The number of benzene rings is 2. The van der Waals surface area contributed by atoms with E-state index in [4.69, 9.17) is 5.73 Å². The molecule has 1 unspecified atom stereocenters. The van der Waals surface area contributed by atoms with Crippen LogP contribution in [0.2, 0.25) is 0 Å². The molecule has 1 aromatic heterocycles.